The zero-order valence-corrected chi connectivity index (χ0v) is 20.3. The quantitative estimate of drug-likeness (QED) is 0.301. The molecule has 7 nitrogen and oxygen atoms in total. The number of ether oxygens (including phenoxy) is 2. The second-order valence-electron chi connectivity index (χ2n) is 9.76. The molecule has 2 saturated heterocycles. The SMILES string of the molecule is COc1ccc(N2C(=O)[C@H]3[C@@H](C2=O)C2(O[C@H]3c3cccc4ccccc34)C(=O)c3ccccc3C2=O)cc1. The van der Waals surface area contributed by atoms with E-state index >= 15 is 0 Å². The second-order valence-corrected chi connectivity index (χ2v) is 9.76. The number of fused-ring (bicyclic) bond motifs is 4. The smallest absolute Gasteiger partial charge is 0.241 e. The number of ketones is 2. The van der Waals surface area contributed by atoms with E-state index in [0.29, 0.717) is 17.0 Å². The van der Waals surface area contributed by atoms with Gasteiger partial charge >= 0.3 is 0 Å². The number of amides is 2. The van der Waals surface area contributed by atoms with E-state index in [1.54, 1.807) is 48.5 Å². The van der Waals surface area contributed by atoms with Crippen LogP contribution in [0.2, 0.25) is 0 Å². The van der Waals surface area contributed by atoms with Crippen molar-refractivity contribution in [3.63, 3.8) is 0 Å². The molecule has 38 heavy (non-hydrogen) atoms. The lowest BCUT2D eigenvalue weighted by atomic mass is 9.77. The monoisotopic (exact) mass is 503 g/mol. The van der Waals surface area contributed by atoms with Gasteiger partial charge in [0, 0.05) is 11.1 Å². The van der Waals surface area contributed by atoms with Gasteiger partial charge in [-0.25, -0.2) is 4.90 Å². The van der Waals surface area contributed by atoms with Crippen LogP contribution in [0.25, 0.3) is 10.8 Å². The maximum absolute atomic E-state index is 14.1. The Balaban J connectivity index is 1.44. The molecule has 4 aromatic carbocycles. The van der Waals surface area contributed by atoms with Crippen LogP contribution in [-0.2, 0) is 14.3 Å². The lowest BCUT2D eigenvalue weighted by Crippen LogP contribution is -2.51. The predicted molar refractivity (Wildman–Crippen MR) is 138 cm³/mol. The van der Waals surface area contributed by atoms with E-state index in [4.69, 9.17) is 9.47 Å². The van der Waals surface area contributed by atoms with Gasteiger partial charge in [-0.2, -0.15) is 0 Å². The van der Waals surface area contributed by atoms with Crippen molar-refractivity contribution >= 4 is 39.8 Å². The van der Waals surface area contributed by atoms with Crippen LogP contribution in [-0.4, -0.2) is 36.1 Å². The highest BCUT2D eigenvalue weighted by Gasteiger charge is 2.74. The lowest BCUT2D eigenvalue weighted by molar-refractivity contribution is -0.127. The molecule has 7 heteroatoms. The number of hydrogen-bond acceptors (Lipinski definition) is 6. The van der Waals surface area contributed by atoms with Gasteiger partial charge in [0.25, 0.3) is 0 Å². The molecule has 3 atom stereocenters. The van der Waals surface area contributed by atoms with Crippen molar-refractivity contribution in [1.82, 2.24) is 0 Å². The van der Waals surface area contributed by atoms with Crippen LogP contribution in [0.4, 0.5) is 5.69 Å². The fourth-order valence-corrected chi connectivity index (χ4v) is 6.28. The van der Waals surface area contributed by atoms with E-state index < -0.39 is 46.9 Å². The molecule has 0 bridgehead atoms. The first-order chi connectivity index (χ1) is 18.5. The third-order valence-electron chi connectivity index (χ3n) is 7.98. The summed E-state index contributed by atoms with van der Waals surface area (Å²) in [6.07, 6.45) is -0.979. The van der Waals surface area contributed by atoms with Crippen LogP contribution < -0.4 is 9.64 Å². The van der Waals surface area contributed by atoms with Crippen molar-refractivity contribution in [2.75, 3.05) is 12.0 Å². The normalized spacial score (nSPS) is 23.4. The van der Waals surface area contributed by atoms with Crippen LogP contribution in [0.1, 0.15) is 32.4 Å². The number of methoxy groups -OCH3 is 1. The Morgan fingerprint density at radius 3 is 2.05 bits per heavy atom. The van der Waals surface area contributed by atoms with Gasteiger partial charge in [0.05, 0.1) is 30.7 Å². The molecule has 2 amide bonds. The van der Waals surface area contributed by atoms with E-state index in [2.05, 4.69) is 0 Å². The molecule has 1 aliphatic carbocycles. The second kappa shape index (κ2) is 7.94. The zero-order valence-electron chi connectivity index (χ0n) is 20.3. The molecule has 2 heterocycles. The van der Waals surface area contributed by atoms with Gasteiger partial charge in [-0.1, -0.05) is 66.7 Å². The van der Waals surface area contributed by atoms with Crippen LogP contribution in [0.5, 0.6) is 5.75 Å². The van der Waals surface area contributed by atoms with E-state index in [9.17, 15) is 19.2 Å². The third kappa shape index (κ3) is 2.76. The van der Waals surface area contributed by atoms with Crippen molar-refractivity contribution in [1.29, 1.82) is 0 Å². The number of benzene rings is 4. The molecule has 7 rings (SSSR count). The van der Waals surface area contributed by atoms with Crippen molar-refractivity contribution < 1.29 is 28.7 Å². The van der Waals surface area contributed by atoms with Crippen LogP contribution >= 0.6 is 0 Å². The van der Waals surface area contributed by atoms with Crippen molar-refractivity contribution in [2.45, 2.75) is 11.7 Å². The standard InChI is InChI=1S/C31H21NO6/c1-37-19-15-13-18(14-16-19)32-29(35)24-25(30(32)36)31(27(33)22-10-4-5-11-23(22)28(31)34)38-26(24)21-12-6-8-17-7-2-3-9-20(17)21/h2-16,24-26H,1H3/t24-,25-,26-/m0/s1. The maximum Gasteiger partial charge on any atom is 0.241 e. The zero-order chi connectivity index (χ0) is 26.2. The number of nitrogens with zero attached hydrogens (tertiary/aromatic N) is 1. The molecule has 3 aliphatic rings. The number of rotatable bonds is 3. The topological polar surface area (TPSA) is 90.0 Å². The highest BCUT2D eigenvalue weighted by molar-refractivity contribution is 6.37. The number of carbonyl (C=O) groups excluding carboxylic acids is 4. The van der Waals surface area contributed by atoms with Gasteiger partial charge in [-0.05, 0) is 40.6 Å². The Kier molecular flexibility index (Phi) is 4.71. The molecular weight excluding hydrogens is 482 g/mol. The predicted octanol–water partition coefficient (Wildman–Crippen LogP) is 4.54. The Hall–Kier alpha value is -4.62. The largest absolute Gasteiger partial charge is 0.497 e. The Morgan fingerprint density at radius 1 is 0.737 bits per heavy atom. The summed E-state index contributed by atoms with van der Waals surface area (Å²) in [5.41, 5.74) is -0.693. The van der Waals surface area contributed by atoms with Gasteiger partial charge in [0.1, 0.15) is 5.75 Å². The maximum atomic E-state index is 14.1. The summed E-state index contributed by atoms with van der Waals surface area (Å²) in [4.78, 5) is 57.1. The Bertz CT molecular complexity index is 1650. The molecule has 2 fully saturated rings. The highest BCUT2D eigenvalue weighted by Crippen LogP contribution is 2.58. The number of hydrogen-bond donors (Lipinski definition) is 0. The number of Topliss-reactive ketones (excluding diaryl/α,β-unsaturated/α-hetero) is 2. The average Bonchev–Trinajstić information content (AvgIpc) is 3.52. The minimum absolute atomic E-state index is 0.206. The molecule has 186 valence electrons. The number of carbonyl (C=O) groups is 4. The molecule has 0 radical (unpaired) electrons. The summed E-state index contributed by atoms with van der Waals surface area (Å²) < 4.78 is 11.7. The van der Waals surface area contributed by atoms with Crippen LogP contribution in [0.15, 0.2) is 91.0 Å². The summed E-state index contributed by atoms with van der Waals surface area (Å²) in [5, 5.41) is 1.75. The van der Waals surface area contributed by atoms with Crippen molar-refractivity contribution in [2.24, 2.45) is 11.8 Å². The minimum atomic E-state index is -2.11. The fraction of sp³-hybridized carbons (Fsp3) is 0.161. The van der Waals surface area contributed by atoms with Gasteiger partial charge < -0.3 is 9.47 Å². The van der Waals surface area contributed by atoms with Gasteiger partial charge in [0.2, 0.25) is 29.0 Å². The average molecular weight is 504 g/mol. The van der Waals surface area contributed by atoms with Crippen LogP contribution in [0.3, 0.4) is 0 Å². The first-order valence-corrected chi connectivity index (χ1v) is 12.3. The number of anilines is 1. The summed E-state index contributed by atoms with van der Waals surface area (Å²) in [6, 6.07) is 26.2. The van der Waals surface area contributed by atoms with E-state index in [1.807, 2.05) is 42.5 Å². The first kappa shape index (κ1) is 22.6. The van der Waals surface area contributed by atoms with E-state index in [-0.39, 0.29) is 11.1 Å². The molecular formula is C31H21NO6. The summed E-state index contributed by atoms with van der Waals surface area (Å²) >= 11 is 0. The highest BCUT2D eigenvalue weighted by atomic mass is 16.5. The molecule has 0 unspecified atom stereocenters. The summed E-state index contributed by atoms with van der Waals surface area (Å²) in [7, 11) is 1.52. The molecule has 4 aromatic rings. The fourth-order valence-electron chi connectivity index (χ4n) is 6.28. The minimum Gasteiger partial charge on any atom is -0.497 e. The first-order valence-electron chi connectivity index (χ1n) is 12.3. The summed E-state index contributed by atoms with van der Waals surface area (Å²) in [6.45, 7) is 0. The summed E-state index contributed by atoms with van der Waals surface area (Å²) in [5.74, 6) is -4.06. The molecule has 0 saturated carbocycles. The molecule has 0 N–H and O–H groups in total. The van der Waals surface area contributed by atoms with Crippen molar-refractivity contribution in [3.05, 3.63) is 108 Å². The van der Waals surface area contributed by atoms with Crippen molar-refractivity contribution in [3.8, 4) is 5.75 Å². The number of imide groups is 1. The van der Waals surface area contributed by atoms with Crippen LogP contribution in [0, 0.1) is 11.8 Å². The lowest BCUT2D eigenvalue weighted by Gasteiger charge is -2.27. The van der Waals surface area contributed by atoms with E-state index in [1.165, 1.54) is 7.11 Å². The van der Waals surface area contributed by atoms with Gasteiger partial charge in [0.15, 0.2) is 0 Å². The van der Waals surface area contributed by atoms with Gasteiger partial charge in [-0.15, -0.1) is 0 Å². The van der Waals surface area contributed by atoms with E-state index in [0.717, 1.165) is 15.7 Å². The molecule has 1 spiro atoms. The Morgan fingerprint density at radius 2 is 1.37 bits per heavy atom. The molecule has 0 aromatic heterocycles. The Labute approximate surface area is 217 Å². The van der Waals surface area contributed by atoms with Gasteiger partial charge in [-0.3, -0.25) is 19.2 Å². The third-order valence-corrected chi connectivity index (χ3v) is 7.98. The molecule has 2 aliphatic heterocycles.